The van der Waals surface area contributed by atoms with Crippen LogP contribution in [-0.4, -0.2) is 137 Å². The quantitative estimate of drug-likeness (QED) is 0.156. The molecule has 4 aromatic heterocycles. The summed E-state index contributed by atoms with van der Waals surface area (Å²) in [6, 6.07) is 14.4. The molecule has 9 heterocycles. The molecule has 2 unspecified atom stereocenters. The van der Waals surface area contributed by atoms with Crippen molar-refractivity contribution in [2.75, 3.05) is 76.9 Å². The van der Waals surface area contributed by atoms with Gasteiger partial charge in [0.15, 0.2) is 11.6 Å². The zero-order valence-corrected chi connectivity index (χ0v) is 39.8. The Kier molecular flexibility index (Phi) is 12.5. The van der Waals surface area contributed by atoms with Crippen molar-refractivity contribution in [3.63, 3.8) is 0 Å². The summed E-state index contributed by atoms with van der Waals surface area (Å²) in [6.45, 7) is 16.0. The lowest BCUT2D eigenvalue weighted by atomic mass is 9.77. The third-order valence-electron chi connectivity index (χ3n) is 13.7. The molecule has 0 N–H and O–H groups in total. The maximum absolute atomic E-state index is 11.9. The van der Waals surface area contributed by atoms with E-state index in [9.17, 15) is 8.42 Å². The number of nitrogens with zero attached hydrogens (tertiary/aromatic N) is 9. The lowest BCUT2D eigenvalue weighted by Crippen LogP contribution is -2.47. The summed E-state index contributed by atoms with van der Waals surface area (Å²) in [5.74, 6) is 1.64. The van der Waals surface area contributed by atoms with Crippen molar-refractivity contribution in [1.29, 1.82) is 0 Å². The maximum Gasteiger partial charge on any atom is 0.495 e. The molecule has 0 bridgehead atoms. The molecule has 2 aromatic carbocycles. The predicted molar refractivity (Wildman–Crippen MR) is 254 cm³/mol. The first kappa shape index (κ1) is 44.8. The number of aromatic nitrogens is 6. The highest BCUT2D eigenvalue weighted by Crippen LogP contribution is 2.39. The highest BCUT2D eigenvalue weighted by molar-refractivity contribution is 7.88. The molecule has 5 aliphatic heterocycles. The van der Waals surface area contributed by atoms with Crippen molar-refractivity contribution in [1.82, 2.24) is 38.7 Å². The standard InChI is InChI=1S/C28H35N7O4S2.C18H25BN2O3/c1-41(36,37)34-10-8-32(9-11-34)18-20-17-24-26(40-20)28(33-12-15-38-16-13-33)30-27(29-24)21-5-4-6-23-22(21)19-35(31-23)25-7-2-3-14-39-25;1-17(2)18(3,4)24-19(23-17)14-8-7-9-15-13(14)12-21(20-15)16-10-5-6-11-22-16/h4-6,17,19,25H,2-3,7-16,18H2,1H3;7-9,12,16H,5-6,10-11H2,1-4H3. The number of anilines is 1. The van der Waals surface area contributed by atoms with Gasteiger partial charge in [-0.15, -0.1) is 11.3 Å². The number of hydrogen-bond donors (Lipinski definition) is 0. The Bertz CT molecular complexity index is 2730. The Labute approximate surface area is 385 Å². The Morgan fingerprint density at radius 3 is 1.97 bits per heavy atom. The van der Waals surface area contributed by atoms with Crippen LogP contribution in [0.4, 0.5) is 5.82 Å². The van der Waals surface area contributed by atoms with E-state index in [1.165, 1.54) is 17.6 Å². The van der Waals surface area contributed by atoms with Gasteiger partial charge >= 0.3 is 7.12 Å². The fraction of sp³-hybridized carbons (Fsp3) is 0.565. The SMILES string of the molecule is CC1(C)OB(c2cccc3nn(C4CCCCO4)cc23)OC1(C)C.CS(=O)(=O)N1CCN(Cc2cc3nc(-c4cccc5nn(C6CCCCO6)cc45)nc(N4CCOCC4)c3s2)CC1. The van der Waals surface area contributed by atoms with E-state index < -0.39 is 10.0 Å². The summed E-state index contributed by atoms with van der Waals surface area (Å²) in [5.41, 5.74) is 4.11. The molecule has 346 valence electrons. The molecule has 0 saturated carbocycles. The number of morpholine rings is 1. The van der Waals surface area contributed by atoms with Crippen LogP contribution in [0.1, 0.15) is 83.6 Å². The van der Waals surface area contributed by atoms with E-state index in [2.05, 4.69) is 68.1 Å². The second-order valence-corrected chi connectivity index (χ2v) is 21.9. The minimum Gasteiger partial charge on any atom is -0.399 e. The molecule has 11 rings (SSSR count). The summed E-state index contributed by atoms with van der Waals surface area (Å²) < 4.78 is 60.4. The van der Waals surface area contributed by atoms with E-state index >= 15 is 0 Å². The highest BCUT2D eigenvalue weighted by atomic mass is 32.2. The number of thiophene rings is 1. The first-order valence-corrected chi connectivity index (χ1v) is 25.8. The molecule has 0 radical (unpaired) electrons. The van der Waals surface area contributed by atoms with Gasteiger partial charge < -0.3 is 28.4 Å². The third-order valence-corrected chi connectivity index (χ3v) is 16.1. The average Bonchev–Trinajstić information content (AvgIpc) is 4.10. The van der Waals surface area contributed by atoms with Gasteiger partial charge in [-0.25, -0.2) is 27.7 Å². The molecule has 16 nitrogen and oxygen atoms in total. The maximum atomic E-state index is 11.9. The van der Waals surface area contributed by atoms with Crippen molar-refractivity contribution in [2.45, 2.75) is 96.4 Å². The van der Waals surface area contributed by atoms with Gasteiger partial charge in [0.1, 0.15) is 12.5 Å². The summed E-state index contributed by atoms with van der Waals surface area (Å²) in [5, 5.41) is 11.7. The predicted octanol–water partition coefficient (Wildman–Crippen LogP) is 6.36. The molecule has 0 spiro atoms. The van der Waals surface area contributed by atoms with Crippen molar-refractivity contribution in [3.8, 4) is 11.4 Å². The van der Waals surface area contributed by atoms with Gasteiger partial charge in [-0.2, -0.15) is 14.5 Å². The van der Waals surface area contributed by atoms with E-state index in [1.807, 2.05) is 33.6 Å². The normalized spacial score (nSPS) is 23.3. The topological polar surface area (TPSA) is 151 Å². The van der Waals surface area contributed by atoms with Crippen molar-refractivity contribution < 1.29 is 31.9 Å². The number of piperazine rings is 1. The summed E-state index contributed by atoms with van der Waals surface area (Å²) in [6.07, 6.45) is 12.0. The van der Waals surface area contributed by atoms with Crippen LogP contribution in [0.25, 0.3) is 43.4 Å². The third kappa shape index (κ3) is 9.32. The molecule has 2 atom stereocenters. The zero-order chi connectivity index (χ0) is 44.9. The number of rotatable bonds is 8. The summed E-state index contributed by atoms with van der Waals surface area (Å²) in [7, 11) is -3.52. The van der Waals surface area contributed by atoms with Gasteiger partial charge in [0.2, 0.25) is 10.0 Å². The fourth-order valence-electron chi connectivity index (χ4n) is 9.27. The molecule has 6 aromatic rings. The minimum absolute atomic E-state index is 0.0324. The summed E-state index contributed by atoms with van der Waals surface area (Å²) in [4.78, 5) is 16.1. The van der Waals surface area contributed by atoms with Crippen LogP contribution in [0.5, 0.6) is 0 Å². The second kappa shape index (κ2) is 18.2. The van der Waals surface area contributed by atoms with Gasteiger partial charge in [0.05, 0.1) is 51.9 Å². The number of benzene rings is 2. The van der Waals surface area contributed by atoms with Crippen molar-refractivity contribution in [2.24, 2.45) is 0 Å². The van der Waals surface area contributed by atoms with Gasteiger partial charge in [0, 0.05) is 92.6 Å². The average molecular weight is 926 g/mol. The van der Waals surface area contributed by atoms with E-state index in [4.69, 9.17) is 43.7 Å². The van der Waals surface area contributed by atoms with Gasteiger partial charge in [-0.05, 0) is 89.9 Å². The van der Waals surface area contributed by atoms with E-state index in [0.29, 0.717) is 45.2 Å². The highest BCUT2D eigenvalue weighted by Gasteiger charge is 2.52. The Hall–Kier alpha value is -4.05. The van der Waals surface area contributed by atoms with Crippen LogP contribution < -0.4 is 10.4 Å². The molecule has 5 fully saturated rings. The second-order valence-electron chi connectivity index (χ2n) is 18.8. The van der Waals surface area contributed by atoms with Crippen LogP contribution in [0.3, 0.4) is 0 Å². The van der Waals surface area contributed by atoms with Crippen LogP contribution >= 0.6 is 11.3 Å². The van der Waals surface area contributed by atoms with Crippen molar-refractivity contribution in [3.05, 3.63) is 59.7 Å². The number of sulfonamides is 1. The Morgan fingerprint density at radius 1 is 0.738 bits per heavy atom. The van der Waals surface area contributed by atoms with Crippen molar-refractivity contribution >= 4 is 71.8 Å². The molecule has 65 heavy (non-hydrogen) atoms. The first-order valence-electron chi connectivity index (χ1n) is 23.2. The molecule has 5 aliphatic rings. The monoisotopic (exact) mass is 925 g/mol. The first-order chi connectivity index (χ1) is 31.3. The van der Waals surface area contributed by atoms with Gasteiger partial charge in [-0.1, -0.05) is 24.3 Å². The zero-order valence-electron chi connectivity index (χ0n) is 38.1. The van der Waals surface area contributed by atoms with Crippen LogP contribution in [-0.2, 0) is 40.1 Å². The van der Waals surface area contributed by atoms with E-state index in [1.54, 1.807) is 15.6 Å². The van der Waals surface area contributed by atoms with Gasteiger partial charge in [0.25, 0.3) is 0 Å². The molecule has 0 aliphatic carbocycles. The number of fused-ring (bicyclic) bond motifs is 3. The fourth-order valence-corrected chi connectivity index (χ4v) is 11.2. The minimum atomic E-state index is -3.15. The summed E-state index contributed by atoms with van der Waals surface area (Å²) >= 11 is 1.73. The largest absolute Gasteiger partial charge is 0.495 e. The molecule has 5 saturated heterocycles. The number of hydrogen-bond acceptors (Lipinski definition) is 14. The molecular formula is C46H60BN9O7S2. The molecule has 19 heteroatoms. The van der Waals surface area contributed by atoms with Crippen LogP contribution in [0, 0.1) is 0 Å². The van der Waals surface area contributed by atoms with E-state index in [0.717, 1.165) is 114 Å². The number of ether oxygens (including phenoxy) is 3. The van der Waals surface area contributed by atoms with E-state index in [-0.39, 0.29) is 30.8 Å². The van der Waals surface area contributed by atoms with Crippen LogP contribution in [0.2, 0.25) is 0 Å². The Morgan fingerprint density at radius 2 is 1.35 bits per heavy atom. The lowest BCUT2D eigenvalue weighted by molar-refractivity contribution is -0.0391. The smallest absolute Gasteiger partial charge is 0.399 e. The molecule has 0 amide bonds. The Balaban J connectivity index is 0.000000176. The van der Waals surface area contributed by atoms with Crippen LogP contribution in [0.15, 0.2) is 54.9 Å². The van der Waals surface area contributed by atoms with Gasteiger partial charge in [-0.3, -0.25) is 4.90 Å². The molecular weight excluding hydrogens is 866 g/mol. The lowest BCUT2D eigenvalue weighted by Gasteiger charge is -2.32.